The summed E-state index contributed by atoms with van der Waals surface area (Å²) in [4.78, 5) is 27.1. The molecule has 5 heteroatoms. The highest BCUT2D eigenvalue weighted by atomic mass is 16.5. The third kappa shape index (κ3) is 2.41. The van der Waals surface area contributed by atoms with Gasteiger partial charge in [-0.3, -0.25) is 9.78 Å². The van der Waals surface area contributed by atoms with Crippen LogP contribution in [-0.4, -0.2) is 23.5 Å². The highest BCUT2D eigenvalue weighted by Gasteiger charge is 2.15. The first-order valence-corrected chi connectivity index (χ1v) is 6.39. The number of amides is 1. The predicted octanol–water partition coefficient (Wildman–Crippen LogP) is 2.03. The zero-order chi connectivity index (χ0) is 14.8. The van der Waals surface area contributed by atoms with Crippen LogP contribution in [0.25, 0.3) is 21.7 Å². The molecule has 0 saturated heterocycles. The molecule has 1 amide bonds. The van der Waals surface area contributed by atoms with Crippen LogP contribution in [0.15, 0.2) is 48.7 Å². The monoisotopic (exact) mass is 280 g/mol. The molecule has 0 aliphatic heterocycles. The number of carbonyl (C=O) groups excluding carboxylic acids is 2. The lowest BCUT2D eigenvalue weighted by molar-refractivity contribution is -0.121. The van der Waals surface area contributed by atoms with Gasteiger partial charge < -0.3 is 10.5 Å². The number of aromatic nitrogens is 1. The van der Waals surface area contributed by atoms with E-state index in [1.165, 1.54) is 0 Å². The van der Waals surface area contributed by atoms with E-state index in [4.69, 9.17) is 10.5 Å². The number of nitrogens with two attached hydrogens (primary N) is 1. The van der Waals surface area contributed by atoms with Gasteiger partial charge in [-0.2, -0.15) is 0 Å². The average molecular weight is 280 g/mol. The van der Waals surface area contributed by atoms with E-state index < -0.39 is 18.5 Å². The maximum absolute atomic E-state index is 12.1. The molecule has 0 unspecified atom stereocenters. The van der Waals surface area contributed by atoms with Gasteiger partial charge in [0.15, 0.2) is 6.61 Å². The van der Waals surface area contributed by atoms with Crippen LogP contribution in [0.3, 0.4) is 0 Å². The van der Waals surface area contributed by atoms with Crippen molar-refractivity contribution in [3.05, 3.63) is 54.2 Å². The van der Waals surface area contributed by atoms with E-state index in [-0.39, 0.29) is 0 Å². The van der Waals surface area contributed by atoms with Crippen molar-refractivity contribution in [2.45, 2.75) is 0 Å². The first-order valence-electron chi connectivity index (χ1n) is 6.39. The Bertz CT molecular complexity index is 858. The van der Waals surface area contributed by atoms with E-state index in [0.29, 0.717) is 11.1 Å². The second kappa shape index (κ2) is 5.20. The van der Waals surface area contributed by atoms with Crippen molar-refractivity contribution >= 4 is 33.6 Å². The van der Waals surface area contributed by atoms with Crippen LogP contribution in [-0.2, 0) is 9.53 Å². The summed E-state index contributed by atoms with van der Waals surface area (Å²) in [6.45, 7) is -0.444. The molecule has 0 spiro atoms. The molecule has 0 aliphatic carbocycles. The molecule has 1 aromatic heterocycles. The Morgan fingerprint density at radius 1 is 1.10 bits per heavy atom. The highest BCUT2D eigenvalue weighted by molar-refractivity contribution is 6.14. The Hall–Kier alpha value is -2.95. The van der Waals surface area contributed by atoms with Crippen molar-refractivity contribution in [1.82, 2.24) is 4.98 Å². The second-order valence-electron chi connectivity index (χ2n) is 4.59. The maximum Gasteiger partial charge on any atom is 0.340 e. The number of nitrogens with zero attached hydrogens (tertiary/aromatic N) is 1. The van der Waals surface area contributed by atoms with Gasteiger partial charge in [0.05, 0.1) is 11.1 Å². The minimum Gasteiger partial charge on any atom is -0.452 e. The summed E-state index contributed by atoms with van der Waals surface area (Å²) >= 11 is 0. The lowest BCUT2D eigenvalue weighted by Crippen LogP contribution is -2.21. The third-order valence-corrected chi connectivity index (χ3v) is 3.18. The van der Waals surface area contributed by atoms with Gasteiger partial charge in [-0.05, 0) is 22.9 Å². The van der Waals surface area contributed by atoms with Crippen molar-refractivity contribution in [2.24, 2.45) is 5.73 Å². The zero-order valence-electron chi connectivity index (χ0n) is 11.1. The quantitative estimate of drug-likeness (QED) is 0.588. The number of primary amides is 1. The maximum atomic E-state index is 12.1. The van der Waals surface area contributed by atoms with Gasteiger partial charge in [0.1, 0.15) is 0 Å². The normalized spacial score (nSPS) is 10.7. The molecular formula is C16H12N2O3. The van der Waals surface area contributed by atoms with E-state index in [1.54, 1.807) is 12.3 Å². The van der Waals surface area contributed by atoms with Crippen molar-refractivity contribution < 1.29 is 14.3 Å². The van der Waals surface area contributed by atoms with E-state index in [2.05, 4.69) is 4.98 Å². The van der Waals surface area contributed by atoms with Crippen LogP contribution < -0.4 is 5.73 Å². The average Bonchev–Trinajstić information content (AvgIpc) is 2.51. The fourth-order valence-corrected chi connectivity index (χ4v) is 2.30. The number of pyridine rings is 1. The number of hydrogen-bond donors (Lipinski definition) is 1. The van der Waals surface area contributed by atoms with E-state index in [0.717, 1.165) is 16.2 Å². The van der Waals surface area contributed by atoms with Gasteiger partial charge in [-0.15, -0.1) is 0 Å². The van der Waals surface area contributed by atoms with Crippen LogP contribution >= 0.6 is 0 Å². The predicted molar refractivity (Wildman–Crippen MR) is 78.7 cm³/mol. The number of rotatable bonds is 3. The molecule has 0 fully saturated rings. The minimum atomic E-state index is -0.693. The highest BCUT2D eigenvalue weighted by Crippen LogP contribution is 2.27. The fourth-order valence-electron chi connectivity index (χ4n) is 2.30. The van der Waals surface area contributed by atoms with Crippen molar-refractivity contribution in [2.75, 3.05) is 6.61 Å². The molecule has 0 aliphatic rings. The number of fused-ring (bicyclic) bond motifs is 3. The smallest absolute Gasteiger partial charge is 0.340 e. The van der Waals surface area contributed by atoms with Gasteiger partial charge in [-0.25, -0.2) is 4.79 Å². The van der Waals surface area contributed by atoms with Crippen LogP contribution in [0.5, 0.6) is 0 Å². The number of hydrogen-bond acceptors (Lipinski definition) is 4. The SMILES string of the molecule is NC(=O)COC(=O)c1cc2ccccc2c2cccnc12. The zero-order valence-corrected chi connectivity index (χ0v) is 11.1. The largest absolute Gasteiger partial charge is 0.452 e. The number of carbonyl (C=O) groups is 2. The third-order valence-electron chi connectivity index (χ3n) is 3.18. The lowest BCUT2D eigenvalue weighted by Gasteiger charge is -2.09. The Morgan fingerprint density at radius 3 is 2.67 bits per heavy atom. The van der Waals surface area contributed by atoms with Crippen LogP contribution in [0.1, 0.15) is 10.4 Å². The second-order valence-corrected chi connectivity index (χ2v) is 4.59. The number of ether oxygens (including phenoxy) is 1. The molecule has 5 nitrogen and oxygen atoms in total. The topological polar surface area (TPSA) is 82.3 Å². The molecule has 104 valence electrons. The van der Waals surface area contributed by atoms with E-state index >= 15 is 0 Å². The van der Waals surface area contributed by atoms with Crippen molar-refractivity contribution in [3.63, 3.8) is 0 Å². The molecule has 3 aromatic rings. The van der Waals surface area contributed by atoms with Gasteiger partial charge in [0.2, 0.25) is 0 Å². The number of benzene rings is 2. The van der Waals surface area contributed by atoms with Crippen LogP contribution in [0, 0.1) is 0 Å². The fraction of sp³-hybridized carbons (Fsp3) is 0.0625. The molecule has 1 heterocycles. The molecule has 3 rings (SSSR count). The first-order chi connectivity index (χ1) is 10.2. The molecular weight excluding hydrogens is 268 g/mol. The Morgan fingerprint density at radius 2 is 1.86 bits per heavy atom. The lowest BCUT2D eigenvalue weighted by atomic mass is 10.0. The molecule has 21 heavy (non-hydrogen) atoms. The summed E-state index contributed by atoms with van der Waals surface area (Å²) in [6, 6.07) is 13.1. The van der Waals surface area contributed by atoms with Crippen molar-refractivity contribution in [3.8, 4) is 0 Å². The van der Waals surface area contributed by atoms with Gasteiger partial charge in [0, 0.05) is 11.6 Å². The Kier molecular flexibility index (Phi) is 3.23. The minimum absolute atomic E-state index is 0.325. The van der Waals surface area contributed by atoms with Crippen LogP contribution in [0.4, 0.5) is 0 Å². The molecule has 2 N–H and O–H groups in total. The summed E-state index contributed by atoms with van der Waals surface area (Å²) in [7, 11) is 0. The standard InChI is InChI=1S/C16H12N2O3/c17-14(19)9-21-16(20)13-8-10-4-1-2-5-11(10)12-6-3-7-18-15(12)13/h1-8H,9H2,(H2,17,19). The summed E-state index contributed by atoms with van der Waals surface area (Å²) < 4.78 is 4.89. The molecule has 2 aromatic carbocycles. The van der Waals surface area contributed by atoms with Gasteiger partial charge in [-0.1, -0.05) is 30.3 Å². The van der Waals surface area contributed by atoms with E-state index in [1.807, 2.05) is 36.4 Å². The van der Waals surface area contributed by atoms with E-state index in [9.17, 15) is 9.59 Å². The molecule has 0 radical (unpaired) electrons. The Labute approximate surface area is 120 Å². The molecule has 0 bridgehead atoms. The summed E-state index contributed by atoms with van der Waals surface area (Å²) in [6.07, 6.45) is 1.61. The van der Waals surface area contributed by atoms with Gasteiger partial charge >= 0.3 is 5.97 Å². The molecule has 0 saturated carbocycles. The van der Waals surface area contributed by atoms with Crippen molar-refractivity contribution in [1.29, 1.82) is 0 Å². The summed E-state index contributed by atoms with van der Waals surface area (Å²) in [5.41, 5.74) is 5.86. The summed E-state index contributed by atoms with van der Waals surface area (Å²) in [5.74, 6) is -1.30. The van der Waals surface area contributed by atoms with Crippen LogP contribution in [0.2, 0.25) is 0 Å². The first kappa shape index (κ1) is 13.1. The number of esters is 1. The molecule has 0 atom stereocenters. The van der Waals surface area contributed by atoms with Gasteiger partial charge in [0.25, 0.3) is 5.91 Å². The Balaban J connectivity index is 2.20. The summed E-state index contributed by atoms with van der Waals surface area (Å²) in [5, 5.41) is 2.78.